The molecular formula is C17H25NO3. The molecule has 0 spiro atoms. The quantitative estimate of drug-likeness (QED) is 0.864. The Bertz CT molecular complexity index is 505. The topological polar surface area (TPSA) is 47.6 Å². The number of amides is 1. The zero-order valence-corrected chi connectivity index (χ0v) is 13.4. The van der Waals surface area contributed by atoms with Gasteiger partial charge in [-0.05, 0) is 57.7 Å². The highest BCUT2D eigenvalue weighted by Gasteiger charge is 2.19. The number of benzene rings is 1. The Morgan fingerprint density at radius 2 is 2.19 bits per heavy atom. The van der Waals surface area contributed by atoms with Gasteiger partial charge in [-0.1, -0.05) is 12.1 Å². The Morgan fingerprint density at radius 1 is 1.43 bits per heavy atom. The SMILES string of the molecule is CC1Cc2ccc(CCCNC(=O)OC(C)(C)C)cc2O1. The fraction of sp³-hybridized carbons (Fsp3) is 0.588. The minimum atomic E-state index is -0.446. The van der Waals surface area contributed by atoms with Gasteiger partial charge < -0.3 is 14.8 Å². The molecule has 4 nitrogen and oxygen atoms in total. The van der Waals surface area contributed by atoms with Gasteiger partial charge in [0, 0.05) is 13.0 Å². The van der Waals surface area contributed by atoms with Crippen molar-refractivity contribution < 1.29 is 14.3 Å². The second-order valence-corrected chi connectivity index (χ2v) is 6.61. The number of nitrogens with one attached hydrogen (secondary N) is 1. The summed E-state index contributed by atoms with van der Waals surface area (Å²) in [6, 6.07) is 6.41. The number of fused-ring (bicyclic) bond motifs is 1. The van der Waals surface area contributed by atoms with Crippen molar-refractivity contribution in [2.75, 3.05) is 6.54 Å². The van der Waals surface area contributed by atoms with E-state index in [0.717, 1.165) is 25.0 Å². The van der Waals surface area contributed by atoms with E-state index in [2.05, 4.69) is 30.4 Å². The molecule has 1 heterocycles. The lowest BCUT2D eigenvalue weighted by Gasteiger charge is -2.19. The third kappa shape index (κ3) is 4.96. The maximum atomic E-state index is 11.5. The number of carbonyl (C=O) groups is 1. The van der Waals surface area contributed by atoms with Crippen molar-refractivity contribution in [1.82, 2.24) is 5.32 Å². The summed E-state index contributed by atoms with van der Waals surface area (Å²) in [6.45, 7) is 8.28. The number of ether oxygens (including phenoxy) is 2. The highest BCUT2D eigenvalue weighted by Crippen LogP contribution is 2.29. The third-order valence-corrected chi connectivity index (χ3v) is 3.28. The van der Waals surface area contributed by atoms with Crippen LogP contribution in [-0.2, 0) is 17.6 Å². The summed E-state index contributed by atoms with van der Waals surface area (Å²) in [7, 11) is 0. The number of hydrogen-bond acceptors (Lipinski definition) is 3. The van der Waals surface area contributed by atoms with Crippen LogP contribution in [0, 0.1) is 0 Å². The number of aryl methyl sites for hydroxylation is 1. The maximum Gasteiger partial charge on any atom is 0.407 e. The Balaban J connectivity index is 1.72. The molecule has 0 radical (unpaired) electrons. The van der Waals surface area contributed by atoms with Gasteiger partial charge in [-0.2, -0.15) is 0 Å². The predicted molar refractivity (Wildman–Crippen MR) is 82.8 cm³/mol. The van der Waals surface area contributed by atoms with Crippen LogP contribution in [0.15, 0.2) is 18.2 Å². The van der Waals surface area contributed by atoms with Gasteiger partial charge in [0.2, 0.25) is 0 Å². The molecule has 0 aromatic heterocycles. The van der Waals surface area contributed by atoms with Crippen LogP contribution < -0.4 is 10.1 Å². The fourth-order valence-corrected chi connectivity index (χ4v) is 2.40. The zero-order chi connectivity index (χ0) is 15.5. The van der Waals surface area contributed by atoms with E-state index < -0.39 is 5.60 Å². The smallest absolute Gasteiger partial charge is 0.407 e. The summed E-state index contributed by atoms with van der Waals surface area (Å²) in [6.07, 6.45) is 2.72. The molecule has 1 unspecified atom stereocenters. The molecule has 21 heavy (non-hydrogen) atoms. The largest absolute Gasteiger partial charge is 0.490 e. The van der Waals surface area contributed by atoms with Gasteiger partial charge in [0.15, 0.2) is 0 Å². The first-order valence-corrected chi connectivity index (χ1v) is 7.59. The summed E-state index contributed by atoms with van der Waals surface area (Å²) in [5, 5.41) is 2.78. The van der Waals surface area contributed by atoms with Crippen molar-refractivity contribution in [2.45, 2.75) is 58.7 Å². The monoisotopic (exact) mass is 291 g/mol. The molecule has 0 saturated heterocycles. The summed E-state index contributed by atoms with van der Waals surface area (Å²) in [5.41, 5.74) is 2.09. The molecule has 1 aromatic rings. The Labute approximate surface area is 126 Å². The van der Waals surface area contributed by atoms with Crippen LogP contribution in [-0.4, -0.2) is 24.3 Å². The molecule has 1 aliphatic heterocycles. The molecule has 0 saturated carbocycles. The molecule has 1 aliphatic rings. The summed E-state index contributed by atoms with van der Waals surface area (Å²) >= 11 is 0. The average Bonchev–Trinajstić information content (AvgIpc) is 2.71. The van der Waals surface area contributed by atoms with Gasteiger partial charge in [0.1, 0.15) is 17.5 Å². The van der Waals surface area contributed by atoms with Crippen molar-refractivity contribution in [3.05, 3.63) is 29.3 Å². The van der Waals surface area contributed by atoms with Crippen molar-refractivity contribution in [3.63, 3.8) is 0 Å². The number of rotatable bonds is 4. The molecule has 1 N–H and O–H groups in total. The standard InChI is InChI=1S/C17H25NO3/c1-12-10-14-8-7-13(11-15(14)20-12)6-5-9-18-16(19)21-17(2,3)4/h7-8,11-12H,5-6,9-10H2,1-4H3,(H,18,19). The molecule has 4 heteroatoms. The Morgan fingerprint density at radius 3 is 2.90 bits per heavy atom. The van der Waals surface area contributed by atoms with Crippen LogP contribution in [0.4, 0.5) is 4.79 Å². The second-order valence-electron chi connectivity index (χ2n) is 6.61. The number of carbonyl (C=O) groups excluding carboxylic acids is 1. The van der Waals surface area contributed by atoms with Gasteiger partial charge in [0.05, 0.1) is 0 Å². The van der Waals surface area contributed by atoms with Gasteiger partial charge in [-0.3, -0.25) is 0 Å². The Kier molecular flexibility index (Phi) is 4.76. The first-order valence-electron chi connectivity index (χ1n) is 7.59. The summed E-state index contributed by atoms with van der Waals surface area (Å²) in [5.74, 6) is 1.01. The fourth-order valence-electron chi connectivity index (χ4n) is 2.40. The molecule has 1 amide bonds. The first-order chi connectivity index (χ1) is 9.83. The first kappa shape index (κ1) is 15.7. The Hall–Kier alpha value is -1.71. The summed E-state index contributed by atoms with van der Waals surface area (Å²) in [4.78, 5) is 11.5. The van der Waals surface area contributed by atoms with E-state index in [-0.39, 0.29) is 12.2 Å². The van der Waals surface area contributed by atoms with Crippen LogP contribution >= 0.6 is 0 Å². The molecule has 1 atom stereocenters. The minimum Gasteiger partial charge on any atom is -0.490 e. The van der Waals surface area contributed by atoms with E-state index in [1.807, 2.05) is 20.8 Å². The van der Waals surface area contributed by atoms with Gasteiger partial charge in [-0.25, -0.2) is 4.79 Å². The molecule has 1 aromatic carbocycles. The van der Waals surface area contributed by atoms with Crippen molar-refractivity contribution >= 4 is 6.09 Å². The predicted octanol–water partition coefficient (Wildman–Crippen LogP) is 3.47. The lowest BCUT2D eigenvalue weighted by Crippen LogP contribution is -2.33. The lowest BCUT2D eigenvalue weighted by molar-refractivity contribution is 0.0527. The van der Waals surface area contributed by atoms with Gasteiger partial charge in [-0.15, -0.1) is 0 Å². The van der Waals surface area contributed by atoms with Crippen LogP contribution in [0.1, 0.15) is 45.2 Å². The molecule has 0 bridgehead atoms. The normalized spacial score (nSPS) is 17.0. The molecule has 116 valence electrons. The minimum absolute atomic E-state index is 0.282. The van der Waals surface area contributed by atoms with Crippen LogP contribution in [0.2, 0.25) is 0 Å². The van der Waals surface area contributed by atoms with Gasteiger partial charge >= 0.3 is 6.09 Å². The van der Waals surface area contributed by atoms with E-state index in [4.69, 9.17) is 9.47 Å². The van der Waals surface area contributed by atoms with E-state index in [1.165, 1.54) is 11.1 Å². The number of alkyl carbamates (subject to hydrolysis) is 1. The molecule has 0 fully saturated rings. The zero-order valence-electron chi connectivity index (χ0n) is 13.4. The lowest BCUT2D eigenvalue weighted by atomic mass is 10.0. The average molecular weight is 291 g/mol. The van der Waals surface area contributed by atoms with Crippen LogP contribution in [0.3, 0.4) is 0 Å². The highest BCUT2D eigenvalue weighted by atomic mass is 16.6. The van der Waals surface area contributed by atoms with Crippen molar-refractivity contribution in [3.8, 4) is 5.75 Å². The van der Waals surface area contributed by atoms with Crippen molar-refractivity contribution in [1.29, 1.82) is 0 Å². The second kappa shape index (κ2) is 6.37. The third-order valence-electron chi connectivity index (χ3n) is 3.28. The molecule has 0 aliphatic carbocycles. The molecular weight excluding hydrogens is 266 g/mol. The maximum absolute atomic E-state index is 11.5. The van der Waals surface area contributed by atoms with E-state index in [0.29, 0.717) is 6.54 Å². The van der Waals surface area contributed by atoms with E-state index in [9.17, 15) is 4.79 Å². The highest BCUT2D eigenvalue weighted by molar-refractivity contribution is 5.67. The van der Waals surface area contributed by atoms with E-state index in [1.54, 1.807) is 0 Å². The van der Waals surface area contributed by atoms with E-state index >= 15 is 0 Å². The number of hydrogen-bond donors (Lipinski definition) is 1. The summed E-state index contributed by atoms with van der Waals surface area (Å²) < 4.78 is 10.9. The van der Waals surface area contributed by atoms with Gasteiger partial charge in [0.25, 0.3) is 0 Å². The van der Waals surface area contributed by atoms with Crippen LogP contribution in [0.5, 0.6) is 5.75 Å². The molecule has 2 rings (SSSR count). The van der Waals surface area contributed by atoms with Crippen molar-refractivity contribution in [2.24, 2.45) is 0 Å². The van der Waals surface area contributed by atoms with Crippen LogP contribution in [0.25, 0.3) is 0 Å².